The lowest BCUT2D eigenvalue weighted by Gasteiger charge is -2.27. The zero-order chi connectivity index (χ0) is 15.5. The third-order valence-electron chi connectivity index (χ3n) is 4.38. The summed E-state index contributed by atoms with van der Waals surface area (Å²) in [6.45, 7) is 5.83. The number of hydrogen-bond donors (Lipinski definition) is 2. The van der Waals surface area contributed by atoms with Crippen LogP contribution >= 0.6 is 23.2 Å². The fourth-order valence-electron chi connectivity index (χ4n) is 3.05. The van der Waals surface area contributed by atoms with E-state index in [4.69, 9.17) is 23.2 Å². The Balaban J connectivity index is 1.44. The lowest BCUT2D eigenvalue weighted by atomic mass is 10.1. The molecule has 1 aromatic carbocycles. The van der Waals surface area contributed by atoms with Crippen LogP contribution in [0.5, 0.6) is 0 Å². The highest BCUT2D eigenvalue weighted by Crippen LogP contribution is 2.48. The van der Waals surface area contributed by atoms with E-state index < -0.39 is 0 Å². The second-order valence-electron chi connectivity index (χ2n) is 6.03. The van der Waals surface area contributed by atoms with Crippen molar-refractivity contribution < 1.29 is 4.79 Å². The summed E-state index contributed by atoms with van der Waals surface area (Å²) in [5.74, 6) is 0.476. The number of carbonyl (C=O) groups excluding carboxylic acids is 1. The van der Waals surface area contributed by atoms with Crippen LogP contribution in [0.1, 0.15) is 17.9 Å². The standard InChI is InChI=1S/C16H21Cl2N3O/c17-12-7-11(8-13(18)9-12)14-10-15(14)16(22)20-3-6-21-4-1-19-2-5-21/h7-9,14-15,19H,1-6,10H2,(H,20,22). The average Bonchev–Trinajstić information content (AvgIpc) is 3.28. The molecule has 3 rings (SSSR count). The van der Waals surface area contributed by atoms with Crippen LogP contribution in [-0.2, 0) is 4.79 Å². The topological polar surface area (TPSA) is 44.4 Å². The maximum atomic E-state index is 12.2. The van der Waals surface area contributed by atoms with Gasteiger partial charge in [0.25, 0.3) is 0 Å². The van der Waals surface area contributed by atoms with Crippen molar-refractivity contribution in [2.45, 2.75) is 12.3 Å². The Hall–Kier alpha value is -0.810. The fraction of sp³-hybridized carbons (Fsp3) is 0.562. The van der Waals surface area contributed by atoms with Gasteiger partial charge in [-0.15, -0.1) is 0 Å². The molecule has 6 heteroatoms. The van der Waals surface area contributed by atoms with E-state index in [0.717, 1.165) is 51.3 Å². The third kappa shape index (κ3) is 4.13. The summed E-state index contributed by atoms with van der Waals surface area (Å²) in [5.41, 5.74) is 1.07. The molecule has 2 fully saturated rings. The second-order valence-corrected chi connectivity index (χ2v) is 6.91. The smallest absolute Gasteiger partial charge is 0.223 e. The van der Waals surface area contributed by atoms with E-state index in [9.17, 15) is 4.79 Å². The van der Waals surface area contributed by atoms with Crippen molar-refractivity contribution in [3.05, 3.63) is 33.8 Å². The van der Waals surface area contributed by atoms with Gasteiger partial charge in [-0.2, -0.15) is 0 Å². The predicted octanol–water partition coefficient (Wildman–Crippen LogP) is 2.12. The van der Waals surface area contributed by atoms with Gasteiger partial charge in [-0.3, -0.25) is 9.69 Å². The minimum absolute atomic E-state index is 0.0672. The Bertz CT molecular complexity index is 526. The zero-order valence-corrected chi connectivity index (χ0v) is 14.0. The quantitative estimate of drug-likeness (QED) is 0.862. The second kappa shape index (κ2) is 7.18. The molecule has 120 valence electrons. The van der Waals surface area contributed by atoms with Gasteiger partial charge in [-0.25, -0.2) is 0 Å². The highest BCUT2D eigenvalue weighted by Gasteiger charge is 2.43. The summed E-state index contributed by atoms with van der Waals surface area (Å²) in [6.07, 6.45) is 0.885. The molecule has 1 amide bonds. The highest BCUT2D eigenvalue weighted by atomic mass is 35.5. The molecule has 2 unspecified atom stereocenters. The zero-order valence-electron chi connectivity index (χ0n) is 12.4. The van der Waals surface area contributed by atoms with Crippen molar-refractivity contribution in [2.24, 2.45) is 5.92 Å². The Kier molecular flexibility index (Phi) is 5.24. The van der Waals surface area contributed by atoms with Crippen LogP contribution in [0.4, 0.5) is 0 Å². The van der Waals surface area contributed by atoms with Gasteiger partial charge in [0, 0.05) is 55.2 Å². The molecule has 1 saturated heterocycles. The largest absolute Gasteiger partial charge is 0.355 e. The molecule has 0 spiro atoms. The molecule has 1 aliphatic carbocycles. The van der Waals surface area contributed by atoms with Crippen molar-refractivity contribution in [2.75, 3.05) is 39.3 Å². The number of rotatable bonds is 5. The number of nitrogens with one attached hydrogen (secondary N) is 2. The first kappa shape index (κ1) is 16.1. The molecule has 1 heterocycles. The molecular formula is C16H21Cl2N3O. The minimum Gasteiger partial charge on any atom is -0.355 e. The normalized spacial score (nSPS) is 25.0. The number of benzene rings is 1. The maximum Gasteiger partial charge on any atom is 0.223 e. The number of hydrogen-bond acceptors (Lipinski definition) is 3. The molecule has 1 aromatic rings. The molecular weight excluding hydrogens is 321 g/mol. The van der Waals surface area contributed by atoms with Gasteiger partial charge in [0.15, 0.2) is 0 Å². The molecule has 1 saturated carbocycles. The Labute approximate surface area is 141 Å². The van der Waals surface area contributed by atoms with Gasteiger partial charge in [0.2, 0.25) is 5.91 Å². The molecule has 4 nitrogen and oxygen atoms in total. The number of amides is 1. The van der Waals surface area contributed by atoms with Crippen molar-refractivity contribution in [1.29, 1.82) is 0 Å². The van der Waals surface area contributed by atoms with E-state index >= 15 is 0 Å². The van der Waals surface area contributed by atoms with Crippen LogP contribution in [0.2, 0.25) is 10.0 Å². The maximum absolute atomic E-state index is 12.2. The van der Waals surface area contributed by atoms with Crippen LogP contribution in [0.3, 0.4) is 0 Å². The Morgan fingerprint density at radius 3 is 2.59 bits per heavy atom. The van der Waals surface area contributed by atoms with Crippen molar-refractivity contribution in [3.63, 3.8) is 0 Å². The molecule has 0 bridgehead atoms. The van der Waals surface area contributed by atoms with Crippen molar-refractivity contribution in [3.8, 4) is 0 Å². The van der Waals surface area contributed by atoms with E-state index in [1.165, 1.54) is 0 Å². The summed E-state index contributed by atoms with van der Waals surface area (Å²) in [4.78, 5) is 14.6. The van der Waals surface area contributed by atoms with E-state index in [1.54, 1.807) is 6.07 Å². The number of carbonyl (C=O) groups is 1. The first-order chi connectivity index (χ1) is 10.6. The molecule has 22 heavy (non-hydrogen) atoms. The fourth-order valence-corrected chi connectivity index (χ4v) is 3.59. The number of nitrogens with zero attached hydrogens (tertiary/aromatic N) is 1. The van der Waals surface area contributed by atoms with Gasteiger partial charge in [0.05, 0.1) is 0 Å². The Morgan fingerprint density at radius 2 is 1.91 bits per heavy atom. The summed E-state index contributed by atoms with van der Waals surface area (Å²) >= 11 is 12.0. The van der Waals surface area contributed by atoms with Gasteiger partial charge in [0.1, 0.15) is 0 Å². The predicted molar refractivity (Wildman–Crippen MR) is 89.6 cm³/mol. The molecule has 2 N–H and O–H groups in total. The van der Waals surface area contributed by atoms with Crippen LogP contribution in [0.25, 0.3) is 0 Å². The lowest BCUT2D eigenvalue weighted by Crippen LogP contribution is -2.46. The van der Waals surface area contributed by atoms with Gasteiger partial charge in [-0.05, 0) is 36.1 Å². The first-order valence-electron chi connectivity index (χ1n) is 7.80. The Morgan fingerprint density at radius 1 is 1.23 bits per heavy atom. The summed E-state index contributed by atoms with van der Waals surface area (Å²) < 4.78 is 0. The van der Waals surface area contributed by atoms with Crippen molar-refractivity contribution in [1.82, 2.24) is 15.5 Å². The molecule has 1 aliphatic heterocycles. The van der Waals surface area contributed by atoms with Gasteiger partial charge < -0.3 is 10.6 Å². The molecule has 2 aliphatic rings. The SMILES string of the molecule is O=C(NCCN1CCNCC1)C1CC1c1cc(Cl)cc(Cl)c1. The number of halogens is 2. The van der Waals surface area contributed by atoms with Crippen LogP contribution in [-0.4, -0.2) is 50.1 Å². The van der Waals surface area contributed by atoms with Gasteiger partial charge >= 0.3 is 0 Å². The van der Waals surface area contributed by atoms with E-state index in [0.29, 0.717) is 10.0 Å². The molecule has 0 aromatic heterocycles. The van der Waals surface area contributed by atoms with E-state index in [1.807, 2.05) is 12.1 Å². The van der Waals surface area contributed by atoms with Crippen LogP contribution in [0, 0.1) is 5.92 Å². The van der Waals surface area contributed by atoms with Gasteiger partial charge in [-0.1, -0.05) is 23.2 Å². The van der Waals surface area contributed by atoms with Crippen LogP contribution in [0.15, 0.2) is 18.2 Å². The summed E-state index contributed by atoms with van der Waals surface area (Å²) in [6, 6.07) is 5.54. The lowest BCUT2D eigenvalue weighted by molar-refractivity contribution is -0.122. The van der Waals surface area contributed by atoms with Crippen molar-refractivity contribution >= 4 is 29.1 Å². The van der Waals surface area contributed by atoms with E-state index in [2.05, 4.69) is 15.5 Å². The monoisotopic (exact) mass is 341 g/mol. The highest BCUT2D eigenvalue weighted by molar-refractivity contribution is 6.34. The number of piperazine rings is 1. The third-order valence-corrected chi connectivity index (χ3v) is 4.81. The summed E-state index contributed by atoms with van der Waals surface area (Å²) in [7, 11) is 0. The minimum atomic E-state index is 0.0672. The average molecular weight is 342 g/mol. The van der Waals surface area contributed by atoms with Crippen LogP contribution < -0.4 is 10.6 Å². The summed E-state index contributed by atoms with van der Waals surface area (Å²) in [5, 5.41) is 7.64. The van der Waals surface area contributed by atoms with E-state index in [-0.39, 0.29) is 17.7 Å². The first-order valence-corrected chi connectivity index (χ1v) is 8.56. The molecule has 2 atom stereocenters. The molecule has 0 radical (unpaired) electrons.